The molecule has 0 unspecified atom stereocenters. The van der Waals surface area contributed by atoms with E-state index in [0.29, 0.717) is 12.0 Å². The molecule has 2 atom stereocenters. The molecule has 0 saturated carbocycles. The first kappa shape index (κ1) is 14.9. The van der Waals surface area contributed by atoms with Crippen LogP contribution >= 0.6 is 22.6 Å². The predicted octanol–water partition coefficient (Wildman–Crippen LogP) is 2.52. The summed E-state index contributed by atoms with van der Waals surface area (Å²) in [6.45, 7) is 3.71. The normalized spacial score (nSPS) is 13.7. The highest BCUT2D eigenvalue weighted by Crippen LogP contribution is 2.11. The van der Waals surface area contributed by atoms with Crippen LogP contribution < -0.4 is 5.32 Å². The topological polar surface area (TPSA) is 66.4 Å². The molecule has 0 spiro atoms. The van der Waals surface area contributed by atoms with E-state index in [1.165, 1.54) is 0 Å². The predicted molar refractivity (Wildman–Crippen MR) is 77.5 cm³/mol. The zero-order chi connectivity index (χ0) is 13.7. The van der Waals surface area contributed by atoms with Gasteiger partial charge in [0.25, 0.3) is 5.91 Å². The summed E-state index contributed by atoms with van der Waals surface area (Å²) < 4.78 is 1.03. The summed E-state index contributed by atoms with van der Waals surface area (Å²) in [5.41, 5.74) is 0.477. The third-order valence-electron chi connectivity index (χ3n) is 2.87. The smallest absolute Gasteiger partial charge is 0.326 e. The molecule has 98 valence electrons. The van der Waals surface area contributed by atoms with Gasteiger partial charge in [0.2, 0.25) is 0 Å². The Morgan fingerprint density at radius 2 is 1.89 bits per heavy atom. The van der Waals surface area contributed by atoms with Gasteiger partial charge in [-0.1, -0.05) is 20.3 Å². The van der Waals surface area contributed by atoms with E-state index >= 15 is 0 Å². The first-order valence-corrected chi connectivity index (χ1v) is 6.82. The van der Waals surface area contributed by atoms with Crippen molar-refractivity contribution in [1.82, 2.24) is 5.32 Å². The highest BCUT2D eigenvalue weighted by molar-refractivity contribution is 14.1. The van der Waals surface area contributed by atoms with Crippen molar-refractivity contribution >= 4 is 34.5 Å². The van der Waals surface area contributed by atoms with Crippen molar-refractivity contribution in [1.29, 1.82) is 0 Å². The van der Waals surface area contributed by atoms with Crippen LogP contribution in [0.1, 0.15) is 30.6 Å². The third-order valence-corrected chi connectivity index (χ3v) is 3.59. The molecule has 0 heterocycles. The van der Waals surface area contributed by atoms with Gasteiger partial charge >= 0.3 is 5.97 Å². The minimum Gasteiger partial charge on any atom is -0.480 e. The number of carboxylic acid groups (broad SMARTS) is 1. The quantitative estimate of drug-likeness (QED) is 0.793. The fourth-order valence-electron chi connectivity index (χ4n) is 1.51. The zero-order valence-corrected chi connectivity index (χ0v) is 12.5. The number of rotatable bonds is 5. The second kappa shape index (κ2) is 6.72. The van der Waals surface area contributed by atoms with Crippen LogP contribution in [0.3, 0.4) is 0 Å². The lowest BCUT2D eigenvalue weighted by Gasteiger charge is -2.20. The number of halogens is 1. The molecule has 18 heavy (non-hydrogen) atoms. The molecular weight excluding hydrogens is 345 g/mol. The number of benzene rings is 1. The Labute approximate surface area is 120 Å². The number of carboxylic acids is 1. The highest BCUT2D eigenvalue weighted by atomic mass is 127. The van der Waals surface area contributed by atoms with Gasteiger partial charge in [-0.3, -0.25) is 4.79 Å². The summed E-state index contributed by atoms with van der Waals surface area (Å²) in [6, 6.07) is 6.16. The Morgan fingerprint density at radius 3 is 2.33 bits per heavy atom. The lowest BCUT2D eigenvalue weighted by atomic mass is 9.99. The van der Waals surface area contributed by atoms with E-state index in [0.717, 1.165) is 3.57 Å². The maximum atomic E-state index is 11.9. The molecular formula is C13H16INO3. The summed E-state index contributed by atoms with van der Waals surface area (Å²) in [7, 11) is 0. The van der Waals surface area contributed by atoms with E-state index in [-0.39, 0.29) is 11.8 Å². The Kier molecular flexibility index (Phi) is 5.58. The van der Waals surface area contributed by atoms with Gasteiger partial charge in [0.1, 0.15) is 6.04 Å². The van der Waals surface area contributed by atoms with E-state index in [4.69, 9.17) is 5.11 Å². The molecule has 0 aliphatic heterocycles. The number of aliphatic carboxylic acids is 1. The molecule has 1 aromatic rings. The number of hydrogen-bond donors (Lipinski definition) is 2. The van der Waals surface area contributed by atoms with Crippen LogP contribution in [0.5, 0.6) is 0 Å². The van der Waals surface area contributed by atoms with E-state index in [1.807, 2.05) is 26.0 Å². The maximum Gasteiger partial charge on any atom is 0.326 e. The molecule has 0 bridgehead atoms. The lowest BCUT2D eigenvalue weighted by Crippen LogP contribution is -2.45. The van der Waals surface area contributed by atoms with Crippen LogP contribution in [0.15, 0.2) is 24.3 Å². The van der Waals surface area contributed by atoms with Crippen molar-refractivity contribution in [3.05, 3.63) is 33.4 Å². The Hall–Kier alpha value is -1.11. The van der Waals surface area contributed by atoms with Gasteiger partial charge in [-0.2, -0.15) is 0 Å². The summed E-state index contributed by atoms with van der Waals surface area (Å²) in [5.74, 6) is -1.45. The van der Waals surface area contributed by atoms with Crippen molar-refractivity contribution in [2.24, 2.45) is 5.92 Å². The van der Waals surface area contributed by atoms with E-state index < -0.39 is 12.0 Å². The molecule has 0 radical (unpaired) electrons. The number of nitrogens with one attached hydrogen (secondary N) is 1. The summed E-state index contributed by atoms with van der Waals surface area (Å²) in [4.78, 5) is 23.0. The van der Waals surface area contributed by atoms with Gasteiger partial charge in [-0.05, 0) is 52.8 Å². The van der Waals surface area contributed by atoms with Crippen molar-refractivity contribution in [2.75, 3.05) is 0 Å². The Bertz CT molecular complexity index is 430. The van der Waals surface area contributed by atoms with Gasteiger partial charge in [0.15, 0.2) is 0 Å². The number of hydrogen-bond acceptors (Lipinski definition) is 2. The minimum atomic E-state index is -0.997. The van der Waals surface area contributed by atoms with Gasteiger partial charge in [0.05, 0.1) is 0 Å². The second-order valence-corrected chi connectivity index (χ2v) is 5.43. The molecule has 0 aromatic heterocycles. The second-order valence-electron chi connectivity index (χ2n) is 4.18. The minimum absolute atomic E-state index is 0.102. The van der Waals surface area contributed by atoms with E-state index in [9.17, 15) is 9.59 Å². The van der Waals surface area contributed by atoms with Gasteiger partial charge in [-0.15, -0.1) is 0 Å². The summed E-state index contributed by atoms with van der Waals surface area (Å²) in [5, 5.41) is 11.7. The van der Waals surface area contributed by atoms with Crippen LogP contribution in [-0.2, 0) is 4.79 Å². The van der Waals surface area contributed by atoms with Crippen LogP contribution in [-0.4, -0.2) is 23.0 Å². The molecule has 4 nitrogen and oxygen atoms in total. The molecule has 0 saturated heterocycles. The monoisotopic (exact) mass is 361 g/mol. The number of carbonyl (C=O) groups is 2. The third kappa shape index (κ3) is 3.97. The Balaban J connectivity index is 2.78. The van der Waals surface area contributed by atoms with Crippen LogP contribution in [0.2, 0.25) is 0 Å². The molecule has 1 aromatic carbocycles. The SMILES string of the molecule is CC[C@H](C)[C@H](NC(=O)c1ccc(I)cc1)C(=O)O. The van der Waals surface area contributed by atoms with Crippen molar-refractivity contribution in [3.8, 4) is 0 Å². The highest BCUT2D eigenvalue weighted by Gasteiger charge is 2.25. The van der Waals surface area contributed by atoms with Crippen molar-refractivity contribution in [2.45, 2.75) is 26.3 Å². The number of carbonyl (C=O) groups excluding carboxylic acids is 1. The van der Waals surface area contributed by atoms with Crippen molar-refractivity contribution in [3.63, 3.8) is 0 Å². The Morgan fingerprint density at radius 1 is 1.33 bits per heavy atom. The lowest BCUT2D eigenvalue weighted by molar-refractivity contribution is -0.140. The molecule has 2 N–H and O–H groups in total. The average Bonchev–Trinajstić information content (AvgIpc) is 2.35. The molecule has 0 aliphatic carbocycles. The van der Waals surface area contributed by atoms with E-state index in [1.54, 1.807) is 12.1 Å². The van der Waals surface area contributed by atoms with Gasteiger partial charge in [0, 0.05) is 9.13 Å². The average molecular weight is 361 g/mol. The van der Waals surface area contributed by atoms with Crippen LogP contribution in [0.25, 0.3) is 0 Å². The maximum absolute atomic E-state index is 11.9. The zero-order valence-electron chi connectivity index (χ0n) is 10.3. The molecule has 0 fully saturated rings. The van der Waals surface area contributed by atoms with Gasteiger partial charge < -0.3 is 10.4 Å². The largest absolute Gasteiger partial charge is 0.480 e. The summed E-state index contributed by atoms with van der Waals surface area (Å²) in [6.07, 6.45) is 0.698. The standard InChI is InChI=1S/C13H16INO3/c1-3-8(2)11(13(17)18)15-12(16)9-4-6-10(14)7-5-9/h4-8,11H,3H2,1-2H3,(H,15,16)(H,17,18)/t8-,11-/m0/s1. The molecule has 1 amide bonds. The molecule has 0 aliphatic rings. The van der Waals surface area contributed by atoms with Crippen LogP contribution in [0, 0.1) is 9.49 Å². The van der Waals surface area contributed by atoms with Gasteiger partial charge in [-0.25, -0.2) is 4.79 Å². The summed E-state index contributed by atoms with van der Waals surface area (Å²) >= 11 is 2.15. The van der Waals surface area contributed by atoms with E-state index in [2.05, 4.69) is 27.9 Å². The first-order valence-electron chi connectivity index (χ1n) is 5.75. The molecule has 5 heteroatoms. The number of amides is 1. The molecule has 1 rings (SSSR count). The fraction of sp³-hybridized carbons (Fsp3) is 0.385. The van der Waals surface area contributed by atoms with Crippen LogP contribution in [0.4, 0.5) is 0 Å². The first-order chi connectivity index (χ1) is 8.45. The fourth-order valence-corrected chi connectivity index (χ4v) is 1.87. The van der Waals surface area contributed by atoms with Crippen molar-refractivity contribution < 1.29 is 14.7 Å².